The molecule has 166 valence electrons. The molecule has 2 amide bonds. The molecule has 2 aromatic carbocycles. The quantitative estimate of drug-likeness (QED) is 0.523. The number of carbonyl (C=O) groups is 2. The van der Waals surface area contributed by atoms with E-state index in [1.807, 2.05) is 18.2 Å². The maximum atomic E-state index is 13.3. The normalized spacial score (nSPS) is 15.4. The summed E-state index contributed by atoms with van der Waals surface area (Å²) in [7, 11) is 0. The molecule has 1 atom stereocenters. The Morgan fingerprint density at radius 1 is 1.00 bits per heavy atom. The standard InChI is InChI=1S/C24H27Cl3N2O2/c1-16(24(31)28-19-8-3-2-4-9-19)29(15-18-7-5-6-10-20(18)25)23(30)14-17-11-12-21(26)22(27)13-17/h5-7,10-13,16,19H,2-4,8-9,14-15H2,1H3,(H,28,31)/t16-/m1/s1. The lowest BCUT2D eigenvalue weighted by molar-refractivity contribution is -0.140. The van der Waals surface area contributed by atoms with Gasteiger partial charge in [-0.3, -0.25) is 9.59 Å². The van der Waals surface area contributed by atoms with E-state index in [0.717, 1.165) is 36.8 Å². The summed E-state index contributed by atoms with van der Waals surface area (Å²) in [5, 5.41) is 4.53. The second-order valence-electron chi connectivity index (χ2n) is 8.06. The molecular weight excluding hydrogens is 455 g/mol. The average Bonchev–Trinajstić information content (AvgIpc) is 2.76. The van der Waals surface area contributed by atoms with Gasteiger partial charge in [0, 0.05) is 17.6 Å². The number of carbonyl (C=O) groups excluding carboxylic acids is 2. The van der Waals surface area contributed by atoms with Crippen molar-refractivity contribution in [1.29, 1.82) is 0 Å². The first-order valence-corrected chi connectivity index (χ1v) is 11.8. The van der Waals surface area contributed by atoms with Crippen LogP contribution < -0.4 is 5.32 Å². The first-order valence-electron chi connectivity index (χ1n) is 10.6. The van der Waals surface area contributed by atoms with Crippen molar-refractivity contribution >= 4 is 46.6 Å². The topological polar surface area (TPSA) is 49.4 Å². The van der Waals surface area contributed by atoms with Crippen LogP contribution in [0.15, 0.2) is 42.5 Å². The fraction of sp³-hybridized carbons (Fsp3) is 0.417. The smallest absolute Gasteiger partial charge is 0.242 e. The third kappa shape index (κ3) is 6.61. The van der Waals surface area contributed by atoms with Gasteiger partial charge in [-0.1, -0.05) is 78.3 Å². The molecule has 0 heterocycles. The molecule has 2 aromatic rings. The van der Waals surface area contributed by atoms with Crippen molar-refractivity contribution in [2.24, 2.45) is 0 Å². The Bertz CT molecular complexity index is 929. The lowest BCUT2D eigenvalue weighted by atomic mass is 9.95. The van der Waals surface area contributed by atoms with Gasteiger partial charge in [0.2, 0.25) is 11.8 Å². The molecule has 0 radical (unpaired) electrons. The predicted molar refractivity (Wildman–Crippen MR) is 127 cm³/mol. The summed E-state index contributed by atoms with van der Waals surface area (Å²) in [5.41, 5.74) is 1.53. The Hall–Kier alpha value is -1.75. The third-order valence-corrected chi connectivity index (χ3v) is 6.86. The van der Waals surface area contributed by atoms with Gasteiger partial charge in [-0.2, -0.15) is 0 Å². The van der Waals surface area contributed by atoms with Gasteiger partial charge in [-0.15, -0.1) is 0 Å². The van der Waals surface area contributed by atoms with E-state index in [2.05, 4.69) is 5.32 Å². The Balaban J connectivity index is 1.78. The fourth-order valence-electron chi connectivity index (χ4n) is 3.89. The summed E-state index contributed by atoms with van der Waals surface area (Å²) in [6.45, 7) is 2.01. The summed E-state index contributed by atoms with van der Waals surface area (Å²) in [6, 6.07) is 12.0. The Morgan fingerprint density at radius 2 is 1.71 bits per heavy atom. The van der Waals surface area contributed by atoms with Crippen LogP contribution in [0.3, 0.4) is 0 Å². The van der Waals surface area contributed by atoms with E-state index in [1.165, 1.54) is 6.42 Å². The van der Waals surface area contributed by atoms with E-state index in [9.17, 15) is 9.59 Å². The maximum Gasteiger partial charge on any atom is 0.242 e. The predicted octanol–water partition coefficient (Wildman–Crippen LogP) is 6.06. The van der Waals surface area contributed by atoms with Crippen LogP contribution in [-0.4, -0.2) is 28.8 Å². The van der Waals surface area contributed by atoms with Gasteiger partial charge >= 0.3 is 0 Å². The Morgan fingerprint density at radius 3 is 2.39 bits per heavy atom. The molecule has 1 aliphatic rings. The lowest BCUT2D eigenvalue weighted by Crippen LogP contribution is -2.50. The highest BCUT2D eigenvalue weighted by atomic mass is 35.5. The van der Waals surface area contributed by atoms with E-state index < -0.39 is 6.04 Å². The minimum Gasteiger partial charge on any atom is -0.352 e. The molecule has 31 heavy (non-hydrogen) atoms. The molecule has 0 spiro atoms. The molecular formula is C24H27Cl3N2O2. The number of nitrogens with zero attached hydrogens (tertiary/aromatic N) is 1. The lowest BCUT2D eigenvalue weighted by Gasteiger charge is -2.31. The van der Waals surface area contributed by atoms with Crippen molar-refractivity contribution in [3.05, 3.63) is 68.7 Å². The van der Waals surface area contributed by atoms with Crippen molar-refractivity contribution in [2.75, 3.05) is 0 Å². The summed E-state index contributed by atoms with van der Waals surface area (Å²) >= 11 is 18.4. The molecule has 3 rings (SSSR count). The zero-order valence-corrected chi connectivity index (χ0v) is 19.8. The van der Waals surface area contributed by atoms with Crippen molar-refractivity contribution in [3.8, 4) is 0 Å². The molecule has 7 heteroatoms. The molecule has 0 bridgehead atoms. The Labute approximate surface area is 198 Å². The van der Waals surface area contributed by atoms with Crippen LogP contribution in [0.1, 0.15) is 50.2 Å². The van der Waals surface area contributed by atoms with Crippen LogP contribution in [0, 0.1) is 0 Å². The minimum atomic E-state index is -0.631. The summed E-state index contributed by atoms with van der Waals surface area (Å²) in [5.74, 6) is -0.314. The van der Waals surface area contributed by atoms with E-state index in [0.29, 0.717) is 15.1 Å². The summed E-state index contributed by atoms with van der Waals surface area (Å²) < 4.78 is 0. The highest BCUT2D eigenvalue weighted by Crippen LogP contribution is 2.24. The third-order valence-electron chi connectivity index (χ3n) is 5.76. The fourth-order valence-corrected chi connectivity index (χ4v) is 4.40. The van der Waals surface area contributed by atoms with Crippen molar-refractivity contribution in [2.45, 2.75) is 64.1 Å². The highest BCUT2D eigenvalue weighted by Gasteiger charge is 2.28. The van der Waals surface area contributed by atoms with Crippen LogP contribution in [0.4, 0.5) is 0 Å². The monoisotopic (exact) mass is 480 g/mol. The SMILES string of the molecule is C[C@H](C(=O)NC1CCCCC1)N(Cc1ccccc1Cl)C(=O)Cc1ccc(Cl)c(Cl)c1. The van der Waals surface area contributed by atoms with Crippen LogP contribution in [0.5, 0.6) is 0 Å². The van der Waals surface area contributed by atoms with Crippen molar-refractivity contribution in [3.63, 3.8) is 0 Å². The molecule has 0 aliphatic heterocycles. The largest absolute Gasteiger partial charge is 0.352 e. The second-order valence-corrected chi connectivity index (χ2v) is 9.28. The zero-order valence-electron chi connectivity index (χ0n) is 17.5. The van der Waals surface area contributed by atoms with Crippen LogP contribution >= 0.6 is 34.8 Å². The van der Waals surface area contributed by atoms with Crippen LogP contribution in [0.2, 0.25) is 15.1 Å². The molecule has 4 nitrogen and oxygen atoms in total. The number of amides is 2. The van der Waals surface area contributed by atoms with E-state index in [1.54, 1.807) is 36.1 Å². The summed E-state index contributed by atoms with van der Waals surface area (Å²) in [4.78, 5) is 27.9. The van der Waals surface area contributed by atoms with Crippen LogP contribution in [0.25, 0.3) is 0 Å². The zero-order chi connectivity index (χ0) is 22.4. The van der Waals surface area contributed by atoms with Gasteiger partial charge in [0.1, 0.15) is 6.04 Å². The number of benzene rings is 2. The first kappa shape index (κ1) is 23.9. The molecule has 1 fully saturated rings. The highest BCUT2D eigenvalue weighted by molar-refractivity contribution is 6.42. The minimum absolute atomic E-state index is 0.113. The second kappa shape index (κ2) is 11.2. The van der Waals surface area contributed by atoms with E-state index >= 15 is 0 Å². The van der Waals surface area contributed by atoms with Gasteiger partial charge in [0.25, 0.3) is 0 Å². The first-order chi connectivity index (χ1) is 14.8. The maximum absolute atomic E-state index is 13.3. The average molecular weight is 482 g/mol. The number of nitrogens with one attached hydrogen (secondary N) is 1. The number of halogens is 3. The molecule has 1 N–H and O–H groups in total. The van der Waals surface area contributed by atoms with Gasteiger partial charge in [0.05, 0.1) is 16.5 Å². The van der Waals surface area contributed by atoms with Gasteiger partial charge < -0.3 is 10.2 Å². The molecule has 0 saturated heterocycles. The molecule has 1 saturated carbocycles. The van der Waals surface area contributed by atoms with Crippen molar-refractivity contribution in [1.82, 2.24) is 10.2 Å². The van der Waals surface area contributed by atoms with Crippen molar-refractivity contribution < 1.29 is 9.59 Å². The number of hydrogen-bond acceptors (Lipinski definition) is 2. The van der Waals surface area contributed by atoms with E-state index in [-0.39, 0.29) is 30.8 Å². The number of rotatable bonds is 7. The van der Waals surface area contributed by atoms with Gasteiger partial charge in [-0.05, 0) is 49.1 Å². The summed E-state index contributed by atoms with van der Waals surface area (Å²) in [6.07, 6.45) is 5.54. The Kier molecular flexibility index (Phi) is 8.65. The molecule has 0 aromatic heterocycles. The van der Waals surface area contributed by atoms with Crippen LogP contribution in [-0.2, 0) is 22.6 Å². The number of hydrogen-bond donors (Lipinski definition) is 1. The van der Waals surface area contributed by atoms with E-state index in [4.69, 9.17) is 34.8 Å². The molecule has 0 unspecified atom stereocenters. The van der Waals surface area contributed by atoms with Gasteiger partial charge in [-0.25, -0.2) is 0 Å². The van der Waals surface area contributed by atoms with Gasteiger partial charge in [0.15, 0.2) is 0 Å². The molecule has 1 aliphatic carbocycles.